The average molecular weight is 240 g/mol. The summed E-state index contributed by atoms with van der Waals surface area (Å²) in [6.07, 6.45) is 5.64. The van der Waals surface area contributed by atoms with E-state index in [1.807, 2.05) is 5.38 Å². The molecule has 4 heteroatoms. The van der Waals surface area contributed by atoms with E-state index in [1.165, 1.54) is 24.2 Å². The minimum Gasteiger partial charge on any atom is -0.385 e. The predicted molar refractivity (Wildman–Crippen MR) is 66.2 cm³/mol. The number of aliphatic hydroxyl groups is 1. The lowest BCUT2D eigenvalue weighted by atomic mass is 9.67. The van der Waals surface area contributed by atoms with Crippen LogP contribution in [0.25, 0.3) is 0 Å². The maximum Gasteiger partial charge on any atom is 0.122 e. The van der Waals surface area contributed by atoms with Gasteiger partial charge in [0, 0.05) is 23.5 Å². The van der Waals surface area contributed by atoms with Gasteiger partial charge in [-0.1, -0.05) is 19.8 Å². The minimum atomic E-state index is -0.481. The van der Waals surface area contributed by atoms with Crippen molar-refractivity contribution in [3.05, 3.63) is 16.6 Å². The molecule has 1 fully saturated rings. The Morgan fingerprint density at radius 3 is 2.81 bits per heavy atom. The Hall–Kier alpha value is -0.450. The Bertz CT molecular complexity index is 318. The topological polar surface area (TPSA) is 59.1 Å². The van der Waals surface area contributed by atoms with Gasteiger partial charge in [-0.15, -0.1) is 11.3 Å². The summed E-state index contributed by atoms with van der Waals surface area (Å²) in [5.74, 6) is 0.767. The van der Waals surface area contributed by atoms with Gasteiger partial charge in [-0.05, 0) is 18.8 Å². The molecule has 1 aliphatic carbocycles. The number of rotatable bonds is 3. The van der Waals surface area contributed by atoms with Gasteiger partial charge in [-0.25, -0.2) is 4.98 Å². The molecule has 3 N–H and O–H groups in total. The molecule has 1 aromatic heterocycles. The molecule has 3 nitrogen and oxygen atoms in total. The molecule has 0 saturated heterocycles. The summed E-state index contributed by atoms with van der Waals surface area (Å²) in [5, 5.41) is 13.2. The third-order valence-electron chi connectivity index (χ3n) is 3.94. The molecule has 0 spiro atoms. The van der Waals surface area contributed by atoms with Gasteiger partial charge in [0.15, 0.2) is 0 Å². The molecule has 1 saturated carbocycles. The molecule has 0 radical (unpaired) electrons. The molecule has 0 amide bonds. The highest BCUT2D eigenvalue weighted by molar-refractivity contribution is 7.09. The van der Waals surface area contributed by atoms with E-state index in [-0.39, 0.29) is 5.41 Å². The third-order valence-corrected chi connectivity index (χ3v) is 4.77. The van der Waals surface area contributed by atoms with E-state index in [9.17, 15) is 5.11 Å². The monoisotopic (exact) mass is 240 g/mol. The van der Waals surface area contributed by atoms with Gasteiger partial charge in [0.2, 0.25) is 0 Å². The van der Waals surface area contributed by atoms with Crippen molar-refractivity contribution in [1.82, 2.24) is 4.98 Å². The predicted octanol–water partition coefficient (Wildman–Crippen LogP) is 2.33. The molecule has 1 aromatic rings. The second kappa shape index (κ2) is 4.82. The van der Waals surface area contributed by atoms with Crippen molar-refractivity contribution in [3.8, 4) is 0 Å². The SMILES string of the molecule is CC1CCC(CN)(C(O)c2nccs2)CC1. The molecule has 1 heterocycles. The lowest BCUT2D eigenvalue weighted by molar-refractivity contribution is -0.00829. The first-order valence-electron chi connectivity index (χ1n) is 5.95. The van der Waals surface area contributed by atoms with Crippen LogP contribution in [-0.4, -0.2) is 16.6 Å². The normalized spacial score (nSPS) is 32.6. The first-order chi connectivity index (χ1) is 7.68. The van der Waals surface area contributed by atoms with Crippen LogP contribution in [0.2, 0.25) is 0 Å². The molecular weight excluding hydrogens is 220 g/mol. The maximum absolute atomic E-state index is 10.4. The number of nitrogens with zero attached hydrogens (tertiary/aromatic N) is 1. The molecule has 1 atom stereocenters. The Kier molecular flexibility index (Phi) is 3.62. The minimum absolute atomic E-state index is 0.135. The van der Waals surface area contributed by atoms with Gasteiger partial charge in [0.05, 0.1) is 0 Å². The molecule has 0 aromatic carbocycles. The van der Waals surface area contributed by atoms with Crippen LogP contribution in [0.15, 0.2) is 11.6 Å². The molecule has 0 bridgehead atoms. The van der Waals surface area contributed by atoms with E-state index in [1.54, 1.807) is 6.20 Å². The summed E-state index contributed by atoms with van der Waals surface area (Å²) in [6.45, 7) is 2.83. The number of aliphatic hydroxyl groups excluding tert-OH is 1. The number of nitrogens with two attached hydrogens (primary N) is 1. The van der Waals surface area contributed by atoms with Gasteiger partial charge >= 0.3 is 0 Å². The highest BCUT2D eigenvalue weighted by atomic mass is 32.1. The highest BCUT2D eigenvalue weighted by Crippen LogP contribution is 2.47. The molecular formula is C12H20N2OS. The number of aromatic nitrogens is 1. The zero-order valence-electron chi connectivity index (χ0n) is 9.72. The Balaban J connectivity index is 2.15. The van der Waals surface area contributed by atoms with Crippen molar-refractivity contribution < 1.29 is 5.11 Å². The molecule has 90 valence electrons. The Morgan fingerprint density at radius 2 is 2.31 bits per heavy atom. The summed E-state index contributed by atoms with van der Waals surface area (Å²) in [4.78, 5) is 4.22. The maximum atomic E-state index is 10.4. The van der Waals surface area contributed by atoms with Gasteiger partial charge < -0.3 is 10.8 Å². The Labute approximate surface area is 101 Å². The number of thiazole rings is 1. The van der Waals surface area contributed by atoms with E-state index >= 15 is 0 Å². The lowest BCUT2D eigenvalue weighted by Gasteiger charge is -2.41. The zero-order valence-corrected chi connectivity index (χ0v) is 10.5. The fraction of sp³-hybridized carbons (Fsp3) is 0.750. The molecule has 2 rings (SSSR count). The van der Waals surface area contributed by atoms with Crippen LogP contribution in [0, 0.1) is 11.3 Å². The van der Waals surface area contributed by atoms with Crippen molar-refractivity contribution in [3.63, 3.8) is 0 Å². The second-order valence-corrected chi connectivity index (χ2v) is 5.95. The standard InChI is InChI=1S/C12H20N2OS/c1-9-2-4-12(8-13,5-3-9)10(15)11-14-6-7-16-11/h6-7,9-10,15H,2-5,8,13H2,1H3. The summed E-state index contributed by atoms with van der Waals surface area (Å²) in [6, 6.07) is 0. The summed E-state index contributed by atoms with van der Waals surface area (Å²) >= 11 is 1.52. The van der Waals surface area contributed by atoms with Crippen LogP contribution in [-0.2, 0) is 0 Å². The average Bonchev–Trinajstić information content (AvgIpc) is 2.83. The lowest BCUT2D eigenvalue weighted by Crippen LogP contribution is -2.39. The third kappa shape index (κ3) is 2.14. The molecule has 0 aliphatic heterocycles. The first kappa shape index (κ1) is 12.0. The summed E-state index contributed by atoms with van der Waals surface area (Å²) in [7, 11) is 0. The smallest absolute Gasteiger partial charge is 0.122 e. The Morgan fingerprint density at radius 1 is 1.62 bits per heavy atom. The first-order valence-corrected chi connectivity index (χ1v) is 6.83. The highest BCUT2D eigenvalue weighted by Gasteiger charge is 2.41. The van der Waals surface area contributed by atoms with Crippen LogP contribution in [0.3, 0.4) is 0 Å². The van der Waals surface area contributed by atoms with E-state index in [4.69, 9.17) is 5.73 Å². The van der Waals surface area contributed by atoms with Crippen LogP contribution < -0.4 is 5.73 Å². The molecule has 1 unspecified atom stereocenters. The number of hydrogen-bond donors (Lipinski definition) is 2. The van der Waals surface area contributed by atoms with Gasteiger partial charge in [-0.3, -0.25) is 0 Å². The second-order valence-electron chi connectivity index (χ2n) is 5.02. The van der Waals surface area contributed by atoms with Crippen LogP contribution >= 0.6 is 11.3 Å². The van der Waals surface area contributed by atoms with E-state index in [2.05, 4.69) is 11.9 Å². The number of hydrogen-bond acceptors (Lipinski definition) is 4. The quantitative estimate of drug-likeness (QED) is 0.852. The van der Waals surface area contributed by atoms with Gasteiger partial charge in [0.1, 0.15) is 11.1 Å². The van der Waals surface area contributed by atoms with Gasteiger partial charge in [-0.2, -0.15) is 0 Å². The van der Waals surface area contributed by atoms with Gasteiger partial charge in [0.25, 0.3) is 0 Å². The van der Waals surface area contributed by atoms with Crippen LogP contribution in [0.1, 0.15) is 43.7 Å². The van der Waals surface area contributed by atoms with E-state index in [0.29, 0.717) is 6.54 Å². The zero-order chi connectivity index (χ0) is 11.6. The van der Waals surface area contributed by atoms with Crippen molar-refractivity contribution in [2.24, 2.45) is 17.1 Å². The van der Waals surface area contributed by atoms with Crippen molar-refractivity contribution in [2.75, 3.05) is 6.54 Å². The molecule has 1 aliphatic rings. The van der Waals surface area contributed by atoms with Crippen LogP contribution in [0.4, 0.5) is 0 Å². The van der Waals surface area contributed by atoms with Crippen molar-refractivity contribution in [1.29, 1.82) is 0 Å². The van der Waals surface area contributed by atoms with E-state index < -0.39 is 6.10 Å². The van der Waals surface area contributed by atoms with E-state index in [0.717, 1.165) is 23.8 Å². The van der Waals surface area contributed by atoms with Crippen molar-refractivity contribution >= 4 is 11.3 Å². The fourth-order valence-corrected chi connectivity index (χ4v) is 3.32. The molecule has 16 heavy (non-hydrogen) atoms. The van der Waals surface area contributed by atoms with Crippen LogP contribution in [0.5, 0.6) is 0 Å². The fourth-order valence-electron chi connectivity index (χ4n) is 2.56. The summed E-state index contributed by atoms with van der Waals surface area (Å²) < 4.78 is 0. The summed E-state index contributed by atoms with van der Waals surface area (Å²) in [5.41, 5.74) is 5.77. The van der Waals surface area contributed by atoms with Crippen molar-refractivity contribution in [2.45, 2.75) is 38.7 Å². The largest absolute Gasteiger partial charge is 0.385 e.